The van der Waals surface area contributed by atoms with Gasteiger partial charge in [-0.2, -0.15) is 4.98 Å². The van der Waals surface area contributed by atoms with E-state index in [9.17, 15) is 0 Å². The topological polar surface area (TPSA) is 64.9 Å². The minimum absolute atomic E-state index is 0. The number of hydrogen-bond donors (Lipinski definition) is 1. The summed E-state index contributed by atoms with van der Waals surface area (Å²) in [5, 5.41) is 5.35. The van der Waals surface area contributed by atoms with Crippen LogP contribution in [0, 0.1) is 0 Å². The van der Waals surface area contributed by atoms with E-state index in [0.717, 1.165) is 37.7 Å². The van der Waals surface area contributed by atoms with Gasteiger partial charge in [0, 0.05) is 16.5 Å². The summed E-state index contributed by atoms with van der Waals surface area (Å²) in [6.07, 6.45) is 5.48. The van der Waals surface area contributed by atoms with Gasteiger partial charge in [-0.15, -0.1) is 12.4 Å². The predicted molar refractivity (Wildman–Crippen MR) is 89.7 cm³/mol. The Labute approximate surface area is 145 Å². The quantitative estimate of drug-likeness (QED) is 0.880. The number of benzene rings is 1. The molecule has 0 spiro atoms. The molecule has 1 aliphatic rings. The van der Waals surface area contributed by atoms with Crippen LogP contribution in [-0.2, 0) is 18.4 Å². The van der Waals surface area contributed by atoms with Crippen molar-refractivity contribution in [3.8, 4) is 0 Å². The SMILES string of the molecule is Cl.NC1(c2noc(CCc3ccc(Cl)cc3Cl)n2)CCCC1. The molecule has 7 heteroatoms. The van der Waals surface area contributed by atoms with Crippen LogP contribution in [0.15, 0.2) is 22.7 Å². The molecule has 0 atom stereocenters. The van der Waals surface area contributed by atoms with Gasteiger partial charge in [0.05, 0.1) is 5.54 Å². The largest absolute Gasteiger partial charge is 0.339 e. The van der Waals surface area contributed by atoms with Crippen molar-refractivity contribution < 1.29 is 4.52 Å². The summed E-state index contributed by atoms with van der Waals surface area (Å²) in [4.78, 5) is 4.45. The highest BCUT2D eigenvalue weighted by atomic mass is 35.5. The Balaban J connectivity index is 0.00000176. The van der Waals surface area contributed by atoms with Gasteiger partial charge < -0.3 is 10.3 Å². The molecule has 1 heterocycles. The van der Waals surface area contributed by atoms with E-state index in [4.69, 9.17) is 33.5 Å². The Bertz CT molecular complexity index is 639. The van der Waals surface area contributed by atoms with Crippen molar-refractivity contribution in [3.63, 3.8) is 0 Å². The third kappa shape index (κ3) is 3.74. The van der Waals surface area contributed by atoms with Gasteiger partial charge in [0.15, 0.2) is 5.82 Å². The number of nitrogens with two attached hydrogens (primary N) is 1. The van der Waals surface area contributed by atoms with Crippen LogP contribution in [0.5, 0.6) is 0 Å². The summed E-state index contributed by atoms with van der Waals surface area (Å²) in [5.41, 5.74) is 6.94. The molecule has 0 aliphatic heterocycles. The van der Waals surface area contributed by atoms with Crippen LogP contribution in [0.4, 0.5) is 0 Å². The Morgan fingerprint density at radius 1 is 1.18 bits per heavy atom. The number of rotatable bonds is 4. The van der Waals surface area contributed by atoms with E-state index in [1.807, 2.05) is 12.1 Å². The second-order valence-electron chi connectivity index (χ2n) is 5.61. The van der Waals surface area contributed by atoms with E-state index in [1.54, 1.807) is 6.07 Å². The van der Waals surface area contributed by atoms with Crippen LogP contribution in [0.3, 0.4) is 0 Å². The smallest absolute Gasteiger partial charge is 0.227 e. The van der Waals surface area contributed by atoms with Crippen molar-refractivity contribution in [2.24, 2.45) is 5.73 Å². The van der Waals surface area contributed by atoms with Gasteiger partial charge in [0.2, 0.25) is 5.89 Å². The molecule has 1 aromatic heterocycles. The van der Waals surface area contributed by atoms with Gasteiger partial charge >= 0.3 is 0 Å². The van der Waals surface area contributed by atoms with Gasteiger partial charge in [-0.05, 0) is 37.0 Å². The molecule has 2 aromatic rings. The summed E-state index contributed by atoms with van der Waals surface area (Å²) in [5.74, 6) is 1.24. The number of aryl methyl sites for hydroxylation is 2. The van der Waals surface area contributed by atoms with Gasteiger partial charge in [-0.25, -0.2) is 0 Å². The molecule has 0 unspecified atom stereocenters. The highest BCUT2D eigenvalue weighted by Gasteiger charge is 2.35. The molecule has 1 aromatic carbocycles. The van der Waals surface area contributed by atoms with Gasteiger partial charge in [-0.3, -0.25) is 0 Å². The normalized spacial score (nSPS) is 16.5. The van der Waals surface area contributed by atoms with Crippen LogP contribution >= 0.6 is 35.6 Å². The van der Waals surface area contributed by atoms with Crippen molar-refractivity contribution in [3.05, 3.63) is 45.5 Å². The minimum Gasteiger partial charge on any atom is -0.339 e. The average molecular weight is 363 g/mol. The van der Waals surface area contributed by atoms with E-state index >= 15 is 0 Å². The van der Waals surface area contributed by atoms with Crippen molar-refractivity contribution >= 4 is 35.6 Å². The number of aromatic nitrogens is 2. The maximum Gasteiger partial charge on any atom is 0.227 e. The zero-order chi connectivity index (χ0) is 14.9. The average Bonchev–Trinajstić information content (AvgIpc) is 3.08. The van der Waals surface area contributed by atoms with E-state index in [1.165, 1.54) is 0 Å². The van der Waals surface area contributed by atoms with Crippen molar-refractivity contribution in [1.29, 1.82) is 0 Å². The molecule has 1 fully saturated rings. The monoisotopic (exact) mass is 361 g/mol. The van der Waals surface area contributed by atoms with Gasteiger partial charge in [0.25, 0.3) is 0 Å². The predicted octanol–water partition coefficient (Wildman–Crippen LogP) is 4.31. The summed E-state index contributed by atoms with van der Waals surface area (Å²) in [6, 6.07) is 5.49. The molecule has 120 valence electrons. The maximum absolute atomic E-state index is 6.32. The van der Waals surface area contributed by atoms with Crippen LogP contribution in [0.2, 0.25) is 10.0 Å². The molecule has 22 heavy (non-hydrogen) atoms. The zero-order valence-electron chi connectivity index (χ0n) is 12.0. The number of nitrogens with zero attached hydrogens (tertiary/aromatic N) is 2. The van der Waals surface area contributed by atoms with E-state index in [2.05, 4.69) is 10.1 Å². The maximum atomic E-state index is 6.32. The van der Waals surface area contributed by atoms with E-state index in [-0.39, 0.29) is 12.4 Å². The van der Waals surface area contributed by atoms with Crippen molar-refractivity contribution in [1.82, 2.24) is 10.1 Å². The van der Waals surface area contributed by atoms with Gasteiger partial charge in [-0.1, -0.05) is 47.3 Å². The Morgan fingerprint density at radius 2 is 1.91 bits per heavy atom. The second kappa shape index (κ2) is 7.18. The van der Waals surface area contributed by atoms with E-state index < -0.39 is 5.54 Å². The molecular weight excluding hydrogens is 345 g/mol. The van der Waals surface area contributed by atoms with Crippen LogP contribution in [-0.4, -0.2) is 10.1 Å². The molecule has 1 saturated carbocycles. The summed E-state index contributed by atoms with van der Waals surface area (Å²) >= 11 is 12.0. The summed E-state index contributed by atoms with van der Waals surface area (Å²) in [6.45, 7) is 0. The number of halogens is 3. The van der Waals surface area contributed by atoms with Gasteiger partial charge in [0.1, 0.15) is 0 Å². The third-order valence-electron chi connectivity index (χ3n) is 4.03. The first-order valence-electron chi connectivity index (χ1n) is 7.13. The van der Waals surface area contributed by atoms with Crippen LogP contribution < -0.4 is 5.73 Å². The number of hydrogen-bond acceptors (Lipinski definition) is 4. The molecule has 0 saturated heterocycles. The highest BCUT2D eigenvalue weighted by Crippen LogP contribution is 2.34. The second-order valence-corrected chi connectivity index (χ2v) is 6.45. The van der Waals surface area contributed by atoms with E-state index in [0.29, 0.717) is 28.2 Å². The molecule has 0 amide bonds. The fourth-order valence-electron chi connectivity index (χ4n) is 2.75. The Hall–Kier alpha value is -0.810. The highest BCUT2D eigenvalue weighted by molar-refractivity contribution is 6.35. The van der Waals surface area contributed by atoms with Crippen LogP contribution in [0.25, 0.3) is 0 Å². The summed E-state index contributed by atoms with van der Waals surface area (Å²) < 4.78 is 5.32. The molecule has 0 radical (unpaired) electrons. The van der Waals surface area contributed by atoms with Crippen molar-refractivity contribution in [2.45, 2.75) is 44.1 Å². The third-order valence-corrected chi connectivity index (χ3v) is 4.62. The minimum atomic E-state index is -0.403. The first-order chi connectivity index (χ1) is 10.1. The lowest BCUT2D eigenvalue weighted by atomic mass is 9.99. The lowest BCUT2D eigenvalue weighted by Gasteiger charge is -2.17. The molecule has 2 N–H and O–H groups in total. The lowest BCUT2D eigenvalue weighted by Crippen LogP contribution is -2.34. The molecular formula is C15H18Cl3N3O. The lowest BCUT2D eigenvalue weighted by molar-refractivity contribution is 0.348. The first kappa shape index (κ1) is 17.5. The molecule has 4 nitrogen and oxygen atoms in total. The Kier molecular flexibility index (Phi) is 5.72. The van der Waals surface area contributed by atoms with Crippen molar-refractivity contribution in [2.75, 3.05) is 0 Å². The fourth-order valence-corrected chi connectivity index (χ4v) is 3.26. The molecule has 3 rings (SSSR count). The molecule has 0 bridgehead atoms. The molecule has 1 aliphatic carbocycles. The first-order valence-corrected chi connectivity index (χ1v) is 7.88. The Morgan fingerprint density at radius 3 is 2.59 bits per heavy atom. The standard InChI is InChI=1S/C15H17Cl2N3O.ClH/c16-11-5-3-10(12(17)9-11)4-6-13-19-14(20-21-13)15(18)7-1-2-8-15;/h3,5,9H,1-2,4,6-8,18H2;1H. The zero-order valence-corrected chi connectivity index (χ0v) is 14.3. The summed E-state index contributed by atoms with van der Waals surface area (Å²) in [7, 11) is 0. The fraction of sp³-hybridized carbons (Fsp3) is 0.467. The van der Waals surface area contributed by atoms with Crippen LogP contribution in [0.1, 0.15) is 43.0 Å².